The van der Waals surface area contributed by atoms with Crippen molar-refractivity contribution in [2.45, 2.75) is 6.54 Å². The molecular weight excluding hydrogens is 360 g/mol. The minimum atomic E-state index is -0.416. The molecule has 1 aromatic carbocycles. The number of amides is 1. The number of ether oxygens (including phenoxy) is 1. The highest BCUT2D eigenvalue weighted by Crippen LogP contribution is 2.20. The molecule has 0 bridgehead atoms. The van der Waals surface area contributed by atoms with Crippen LogP contribution in [0.3, 0.4) is 0 Å². The summed E-state index contributed by atoms with van der Waals surface area (Å²) >= 11 is 5.87. The average molecular weight is 373 g/mol. The van der Waals surface area contributed by atoms with Crippen molar-refractivity contribution in [3.05, 3.63) is 47.4 Å². The number of benzene rings is 1. The maximum atomic E-state index is 11.6. The first-order valence-corrected chi connectivity index (χ1v) is 8.16. The van der Waals surface area contributed by atoms with E-state index in [4.69, 9.17) is 20.9 Å². The van der Waals surface area contributed by atoms with E-state index in [1.165, 1.54) is 4.90 Å². The Balaban J connectivity index is 1.43. The van der Waals surface area contributed by atoms with Crippen molar-refractivity contribution in [2.75, 3.05) is 23.4 Å². The Morgan fingerprint density at radius 2 is 2.04 bits per heavy atom. The second-order valence-electron chi connectivity index (χ2n) is 5.38. The Bertz CT molecular complexity index is 930. The maximum absolute atomic E-state index is 11.6. The topological polar surface area (TPSA) is 106 Å². The Labute approximate surface area is 153 Å². The monoisotopic (exact) mass is 372 g/mol. The molecular formula is C16H13ClN6O3. The van der Waals surface area contributed by atoms with Gasteiger partial charge in [-0.15, -0.1) is 0 Å². The van der Waals surface area contributed by atoms with Crippen molar-refractivity contribution in [1.29, 1.82) is 0 Å². The lowest BCUT2D eigenvalue weighted by molar-refractivity contribution is 0.181. The van der Waals surface area contributed by atoms with Crippen molar-refractivity contribution < 1.29 is 14.1 Å². The van der Waals surface area contributed by atoms with E-state index in [9.17, 15) is 4.79 Å². The number of carbonyl (C=O) groups excluding carboxylic acids is 1. The molecule has 132 valence electrons. The number of hydrogen-bond donors (Lipinski definition) is 1. The minimum absolute atomic E-state index is 0.269. The summed E-state index contributed by atoms with van der Waals surface area (Å²) in [6, 6.07) is 8.75. The molecule has 0 unspecified atom stereocenters. The second-order valence-corrected chi connectivity index (χ2v) is 5.82. The van der Waals surface area contributed by atoms with Crippen LogP contribution in [0, 0.1) is 0 Å². The molecule has 0 radical (unpaired) electrons. The van der Waals surface area contributed by atoms with Crippen LogP contribution in [0.5, 0.6) is 0 Å². The van der Waals surface area contributed by atoms with Gasteiger partial charge in [-0.05, 0) is 30.3 Å². The molecule has 1 aliphatic rings. The van der Waals surface area contributed by atoms with Gasteiger partial charge in [0.05, 0.1) is 13.1 Å². The lowest BCUT2D eigenvalue weighted by Crippen LogP contribution is -2.24. The molecule has 1 aliphatic heterocycles. The Morgan fingerprint density at radius 3 is 2.81 bits per heavy atom. The molecule has 9 nitrogen and oxygen atoms in total. The van der Waals surface area contributed by atoms with Gasteiger partial charge in [-0.3, -0.25) is 4.90 Å². The summed E-state index contributed by atoms with van der Waals surface area (Å²) in [4.78, 5) is 25.8. The predicted octanol–water partition coefficient (Wildman–Crippen LogP) is 2.75. The van der Waals surface area contributed by atoms with Crippen LogP contribution >= 0.6 is 11.6 Å². The Hall–Kier alpha value is -3.20. The Kier molecular flexibility index (Phi) is 4.36. The third-order valence-electron chi connectivity index (χ3n) is 3.64. The molecule has 1 fully saturated rings. The minimum Gasteiger partial charge on any atom is -0.447 e. The number of nitrogens with one attached hydrogen (secondary N) is 1. The SMILES string of the molecule is O=C1OCCN1c1ccnc(NCc2noc(-c3ccc(Cl)cc3)n2)n1. The molecule has 1 saturated heterocycles. The number of hydrogen-bond acceptors (Lipinski definition) is 8. The van der Waals surface area contributed by atoms with Crippen LogP contribution in [0.1, 0.15) is 5.82 Å². The number of aromatic nitrogens is 4. The first-order chi connectivity index (χ1) is 12.7. The lowest BCUT2D eigenvalue weighted by Gasteiger charge is -2.12. The van der Waals surface area contributed by atoms with E-state index in [1.807, 2.05) is 0 Å². The highest BCUT2D eigenvalue weighted by atomic mass is 35.5. The third-order valence-corrected chi connectivity index (χ3v) is 3.89. The number of halogens is 1. The van der Waals surface area contributed by atoms with Gasteiger partial charge in [-0.2, -0.15) is 9.97 Å². The van der Waals surface area contributed by atoms with E-state index in [0.717, 1.165) is 5.56 Å². The standard InChI is InChI=1S/C16H13ClN6O3/c17-11-3-1-10(2-4-11)14-20-12(22-26-14)9-19-15-18-6-5-13(21-15)23-7-8-25-16(23)24/h1-6H,7-9H2,(H,18,19,21). The fourth-order valence-electron chi connectivity index (χ4n) is 2.38. The van der Waals surface area contributed by atoms with Crippen molar-refractivity contribution in [3.63, 3.8) is 0 Å². The van der Waals surface area contributed by atoms with E-state index in [2.05, 4.69) is 25.4 Å². The molecule has 3 aromatic rings. The molecule has 2 aromatic heterocycles. The number of cyclic esters (lactones) is 1. The molecule has 1 N–H and O–H groups in total. The summed E-state index contributed by atoms with van der Waals surface area (Å²) in [5.74, 6) is 1.66. The van der Waals surface area contributed by atoms with Crippen LogP contribution in [-0.2, 0) is 11.3 Å². The smallest absolute Gasteiger partial charge is 0.415 e. The summed E-state index contributed by atoms with van der Waals surface area (Å²) in [6.07, 6.45) is 1.14. The van der Waals surface area contributed by atoms with Gasteiger partial charge in [-0.1, -0.05) is 16.8 Å². The van der Waals surface area contributed by atoms with Crippen LogP contribution in [0.15, 0.2) is 41.1 Å². The Morgan fingerprint density at radius 1 is 1.19 bits per heavy atom. The van der Waals surface area contributed by atoms with E-state index < -0.39 is 6.09 Å². The van der Waals surface area contributed by atoms with Gasteiger partial charge in [-0.25, -0.2) is 9.78 Å². The quantitative estimate of drug-likeness (QED) is 0.728. The van der Waals surface area contributed by atoms with Gasteiger partial charge in [0.15, 0.2) is 5.82 Å². The van der Waals surface area contributed by atoms with Crippen molar-refractivity contribution in [1.82, 2.24) is 20.1 Å². The molecule has 4 rings (SSSR count). The molecule has 1 amide bonds. The summed E-state index contributed by atoms with van der Waals surface area (Å²) in [7, 11) is 0. The number of rotatable bonds is 5. The number of nitrogens with zero attached hydrogens (tertiary/aromatic N) is 5. The highest BCUT2D eigenvalue weighted by Gasteiger charge is 2.24. The van der Waals surface area contributed by atoms with E-state index in [1.54, 1.807) is 36.5 Å². The van der Waals surface area contributed by atoms with Crippen molar-refractivity contribution in [3.8, 4) is 11.5 Å². The highest BCUT2D eigenvalue weighted by molar-refractivity contribution is 6.30. The summed E-state index contributed by atoms with van der Waals surface area (Å²) in [5, 5.41) is 7.56. The van der Waals surface area contributed by atoms with Crippen LogP contribution in [-0.4, -0.2) is 39.4 Å². The first-order valence-electron chi connectivity index (χ1n) is 7.79. The molecule has 0 atom stereocenters. The van der Waals surface area contributed by atoms with Crippen LogP contribution in [0.25, 0.3) is 11.5 Å². The van der Waals surface area contributed by atoms with Gasteiger partial charge < -0.3 is 14.6 Å². The van der Waals surface area contributed by atoms with E-state index in [0.29, 0.717) is 41.7 Å². The summed E-state index contributed by atoms with van der Waals surface area (Å²) < 4.78 is 10.2. The number of anilines is 2. The molecule has 0 saturated carbocycles. The van der Waals surface area contributed by atoms with Crippen LogP contribution in [0.2, 0.25) is 5.02 Å². The molecule has 3 heterocycles. The van der Waals surface area contributed by atoms with Gasteiger partial charge in [0.1, 0.15) is 12.4 Å². The van der Waals surface area contributed by atoms with Gasteiger partial charge >= 0.3 is 6.09 Å². The largest absolute Gasteiger partial charge is 0.447 e. The molecule has 0 spiro atoms. The molecule has 10 heteroatoms. The van der Waals surface area contributed by atoms with Crippen molar-refractivity contribution >= 4 is 29.5 Å². The fraction of sp³-hybridized carbons (Fsp3) is 0.188. The van der Waals surface area contributed by atoms with Crippen molar-refractivity contribution in [2.24, 2.45) is 0 Å². The van der Waals surface area contributed by atoms with Gasteiger partial charge in [0, 0.05) is 16.8 Å². The first kappa shape index (κ1) is 16.3. The van der Waals surface area contributed by atoms with E-state index >= 15 is 0 Å². The average Bonchev–Trinajstić information content (AvgIpc) is 3.30. The lowest BCUT2D eigenvalue weighted by atomic mass is 10.2. The van der Waals surface area contributed by atoms with Crippen LogP contribution in [0.4, 0.5) is 16.6 Å². The second kappa shape index (κ2) is 6.96. The predicted molar refractivity (Wildman–Crippen MR) is 92.8 cm³/mol. The zero-order valence-corrected chi connectivity index (χ0v) is 14.2. The van der Waals surface area contributed by atoms with Gasteiger partial charge in [0.25, 0.3) is 5.89 Å². The van der Waals surface area contributed by atoms with Gasteiger partial charge in [0.2, 0.25) is 5.95 Å². The van der Waals surface area contributed by atoms with Crippen LogP contribution < -0.4 is 10.2 Å². The zero-order chi connectivity index (χ0) is 17.9. The molecule has 26 heavy (non-hydrogen) atoms. The normalized spacial score (nSPS) is 13.7. The summed E-state index contributed by atoms with van der Waals surface area (Å²) in [6.45, 7) is 1.08. The maximum Gasteiger partial charge on any atom is 0.415 e. The summed E-state index contributed by atoms with van der Waals surface area (Å²) in [5.41, 5.74) is 0.777. The molecule has 0 aliphatic carbocycles. The van der Waals surface area contributed by atoms with E-state index in [-0.39, 0.29) is 6.54 Å². The fourth-order valence-corrected chi connectivity index (χ4v) is 2.51. The third kappa shape index (κ3) is 3.42. The zero-order valence-electron chi connectivity index (χ0n) is 13.4. The number of carbonyl (C=O) groups is 1.